The van der Waals surface area contributed by atoms with Crippen LogP contribution in [-0.4, -0.2) is 46.7 Å². The van der Waals surface area contributed by atoms with Crippen LogP contribution < -0.4 is 4.90 Å². The van der Waals surface area contributed by atoms with Crippen LogP contribution in [0.3, 0.4) is 0 Å². The first-order valence-electron chi connectivity index (χ1n) is 6.45. The minimum atomic E-state index is -0.926. The van der Waals surface area contributed by atoms with Crippen molar-refractivity contribution in [2.75, 3.05) is 25.1 Å². The van der Waals surface area contributed by atoms with E-state index in [0.29, 0.717) is 23.6 Å². The van der Waals surface area contributed by atoms with Gasteiger partial charge in [0.15, 0.2) is 0 Å². The van der Waals surface area contributed by atoms with E-state index in [4.69, 9.17) is 4.74 Å². The molecule has 0 spiro atoms. The Hall–Kier alpha value is -1.56. The maximum absolute atomic E-state index is 11.4. The Bertz CT molecular complexity index is 498. The van der Waals surface area contributed by atoms with Gasteiger partial charge in [0.25, 0.3) is 0 Å². The van der Waals surface area contributed by atoms with Crippen molar-refractivity contribution in [3.05, 3.63) is 11.3 Å². The molecule has 106 valence electrons. The summed E-state index contributed by atoms with van der Waals surface area (Å²) in [6.45, 7) is 5.30. The van der Waals surface area contributed by atoms with Crippen molar-refractivity contribution < 1.29 is 14.6 Å². The number of methoxy groups -OCH3 is 1. The zero-order chi connectivity index (χ0) is 14.2. The molecule has 1 saturated heterocycles. The summed E-state index contributed by atoms with van der Waals surface area (Å²) >= 11 is 0. The van der Waals surface area contributed by atoms with Gasteiger partial charge >= 0.3 is 5.97 Å². The number of ether oxygens (including phenoxy) is 1. The largest absolute Gasteiger partial charge is 0.477 e. The molecular weight excluding hydrogens is 246 g/mol. The fourth-order valence-corrected chi connectivity index (χ4v) is 2.81. The predicted octanol–water partition coefficient (Wildman–Crippen LogP) is 1.43. The van der Waals surface area contributed by atoms with Gasteiger partial charge in [0.1, 0.15) is 11.4 Å². The summed E-state index contributed by atoms with van der Waals surface area (Å²) in [6, 6.07) is 0. The Morgan fingerprint density at radius 1 is 1.53 bits per heavy atom. The lowest BCUT2D eigenvalue weighted by molar-refractivity contribution is -0.00501. The lowest BCUT2D eigenvalue weighted by Crippen LogP contribution is -2.48. The first-order valence-corrected chi connectivity index (χ1v) is 6.45. The molecule has 2 rings (SSSR count). The van der Waals surface area contributed by atoms with Gasteiger partial charge in [-0.3, -0.25) is 4.68 Å². The monoisotopic (exact) mass is 267 g/mol. The molecular formula is C13H21N3O3. The van der Waals surface area contributed by atoms with E-state index in [1.165, 1.54) is 0 Å². The molecule has 0 aliphatic carbocycles. The minimum absolute atomic E-state index is 0.230. The Kier molecular flexibility index (Phi) is 3.54. The molecule has 0 radical (unpaired) electrons. The van der Waals surface area contributed by atoms with Gasteiger partial charge in [-0.2, -0.15) is 5.10 Å². The topological polar surface area (TPSA) is 67.6 Å². The molecule has 6 heteroatoms. The van der Waals surface area contributed by atoms with Gasteiger partial charge in [-0.1, -0.05) is 0 Å². The molecule has 1 unspecified atom stereocenters. The maximum Gasteiger partial charge on any atom is 0.341 e. The quantitative estimate of drug-likeness (QED) is 0.897. The van der Waals surface area contributed by atoms with E-state index < -0.39 is 5.97 Å². The Morgan fingerprint density at radius 3 is 2.79 bits per heavy atom. The molecule has 0 aromatic carbocycles. The van der Waals surface area contributed by atoms with Crippen LogP contribution in [-0.2, 0) is 11.8 Å². The van der Waals surface area contributed by atoms with Crippen molar-refractivity contribution in [3.63, 3.8) is 0 Å². The van der Waals surface area contributed by atoms with Crippen LogP contribution in [0.15, 0.2) is 0 Å². The van der Waals surface area contributed by atoms with E-state index in [1.807, 2.05) is 0 Å². The van der Waals surface area contributed by atoms with Crippen molar-refractivity contribution in [2.45, 2.75) is 32.3 Å². The van der Waals surface area contributed by atoms with E-state index >= 15 is 0 Å². The highest BCUT2D eigenvalue weighted by atomic mass is 16.5. The maximum atomic E-state index is 11.4. The number of carboxylic acid groups (broad SMARTS) is 1. The van der Waals surface area contributed by atoms with Gasteiger partial charge in [-0.05, 0) is 26.7 Å². The summed E-state index contributed by atoms with van der Waals surface area (Å²) in [5, 5.41) is 13.6. The second kappa shape index (κ2) is 4.85. The second-order valence-electron chi connectivity index (χ2n) is 5.39. The van der Waals surface area contributed by atoms with Crippen LogP contribution in [0.1, 0.15) is 35.8 Å². The number of aromatic nitrogens is 2. The third-order valence-electron chi connectivity index (χ3n) is 3.86. The summed E-state index contributed by atoms with van der Waals surface area (Å²) in [5.41, 5.74) is 0.615. The number of anilines is 1. The summed E-state index contributed by atoms with van der Waals surface area (Å²) in [6.07, 6.45) is 1.97. The Labute approximate surface area is 113 Å². The van der Waals surface area contributed by atoms with E-state index in [9.17, 15) is 9.90 Å². The number of carboxylic acids is 1. The summed E-state index contributed by atoms with van der Waals surface area (Å²) in [4.78, 5) is 13.5. The molecule has 0 bridgehead atoms. The fourth-order valence-electron chi connectivity index (χ4n) is 2.81. The van der Waals surface area contributed by atoms with Crippen LogP contribution in [0.5, 0.6) is 0 Å². The lowest BCUT2D eigenvalue weighted by atomic mass is 9.94. The number of nitrogens with zero attached hydrogens (tertiary/aromatic N) is 3. The fraction of sp³-hybridized carbons (Fsp3) is 0.692. The number of piperidine rings is 1. The molecule has 2 heterocycles. The van der Waals surface area contributed by atoms with Crippen molar-refractivity contribution in [2.24, 2.45) is 7.05 Å². The third-order valence-corrected chi connectivity index (χ3v) is 3.86. The smallest absolute Gasteiger partial charge is 0.341 e. The molecule has 0 amide bonds. The average Bonchev–Trinajstić information content (AvgIpc) is 2.64. The molecule has 1 N–H and O–H groups in total. The van der Waals surface area contributed by atoms with Crippen LogP contribution in [0.4, 0.5) is 5.82 Å². The van der Waals surface area contributed by atoms with Gasteiger partial charge in [-0.25, -0.2) is 4.79 Å². The zero-order valence-corrected chi connectivity index (χ0v) is 11.9. The average molecular weight is 267 g/mol. The highest BCUT2D eigenvalue weighted by Gasteiger charge is 2.34. The van der Waals surface area contributed by atoms with Crippen LogP contribution >= 0.6 is 0 Å². The number of carbonyl (C=O) groups is 1. The van der Waals surface area contributed by atoms with Gasteiger partial charge in [0.2, 0.25) is 0 Å². The molecule has 6 nitrogen and oxygen atoms in total. The zero-order valence-electron chi connectivity index (χ0n) is 11.9. The first-order chi connectivity index (χ1) is 8.88. The van der Waals surface area contributed by atoms with Gasteiger partial charge in [0.05, 0.1) is 11.3 Å². The number of aromatic carboxylic acids is 1. The predicted molar refractivity (Wildman–Crippen MR) is 71.8 cm³/mol. The van der Waals surface area contributed by atoms with Crippen LogP contribution in [0.25, 0.3) is 0 Å². The molecule has 19 heavy (non-hydrogen) atoms. The van der Waals surface area contributed by atoms with E-state index in [-0.39, 0.29) is 5.60 Å². The van der Waals surface area contributed by atoms with E-state index in [2.05, 4.69) is 16.9 Å². The normalized spacial score (nSPS) is 23.7. The molecule has 1 aliphatic rings. The van der Waals surface area contributed by atoms with Gasteiger partial charge in [0, 0.05) is 27.2 Å². The molecule has 1 aromatic heterocycles. The standard InChI is InChI=1S/C13H21N3O3/c1-9-10(12(17)18)11(15(3)14-9)16-7-5-6-13(2,8-16)19-4/h5-8H2,1-4H3,(H,17,18). The Morgan fingerprint density at radius 2 is 2.21 bits per heavy atom. The highest BCUT2D eigenvalue weighted by Crippen LogP contribution is 2.31. The SMILES string of the molecule is COC1(C)CCCN(c2c(C(=O)O)c(C)nn2C)C1. The summed E-state index contributed by atoms with van der Waals surface area (Å²) in [7, 11) is 3.49. The molecule has 0 saturated carbocycles. The Balaban J connectivity index is 2.39. The van der Waals surface area contributed by atoms with Crippen molar-refractivity contribution >= 4 is 11.8 Å². The highest BCUT2D eigenvalue weighted by molar-refractivity contribution is 5.94. The minimum Gasteiger partial charge on any atom is -0.477 e. The van der Waals surface area contributed by atoms with E-state index in [1.54, 1.807) is 25.8 Å². The number of hydrogen-bond donors (Lipinski definition) is 1. The van der Waals surface area contributed by atoms with Crippen LogP contribution in [0, 0.1) is 6.92 Å². The molecule has 1 fully saturated rings. The summed E-state index contributed by atoms with van der Waals surface area (Å²) in [5.74, 6) is -0.252. The number of aryl methyl sites for hydroxylation is 2. The van der Waals surface area contributed by atoms with E-state index in [0.717, 1.165) is 19.4 Å². The lowest BCUT2D eigenvalue weighted by Gasteiger charge is -2.40. The molecule has 1 atom stereocenters. The molecule has 1 aromatic rings. The number of hydrogen-bond acceptors (Lipinski definition) is 4. The van der Waals surface area contributed by atoms with Gasteiger partial charge < -0.3 is 14.7 Å². The third kappa shape index (κ3) is 2.45. The molecule has 1 aliphatic heterocycles. The van der Waals surface area contributed by atoms with Crippen LogP contribution in [0.2, 0.25) is 0 Å². The second-order valence-corrected chi connectivity index (χ2v) is 5.39. The summed E-state index contributed by atoms with van der Waals surface area (Å²) < 4.78 is 7.21. The van der Waals surface area contributed by atoms with Crippen molar-refractivity contribution in [1.29, 1.82) is 0 Å². The number of rotatable bonds is 3. The van der Waals surface area contributed by atoms with Gasteiger partial charge in [-0.15, -0.1) is 0 Å². The van der Waals surface area contributed by atoms with Crippen molar-refractivity contribution in [1.82, 2.24) is 9.78 Å². The van der Waals surface area contributed by atoms with Crippen molar-refractivity contribution in [3.8, 4) is 0 Å². The first kappa shape index (κ1) is 13.9.